The number of benzene rings is 2. The van der Waals surface area contributed by atoms with Crippen LogP contribution in [0.25, 0.3) is 5.69 Å². The molecule has 4 aromatic rings. The molecule has 0 unspecified atom stereocenters. The van der Waals surface area contributed by atoms with E-state index in [4.69, 9.17) is 17.0 Å². The number of carbonyl (C=O) groups excluding carboxylic acids is 1. The van der Waals surface area contributed by atoms with Gasteiger partial charge in [-0.2, -0.15) is 0 Å². The highest BCUT2D eigenvalue weighted by molar-refractivity contribution is 7.80. The number of pyridine rings is 1. The number of ether oxygens (including phenoxy) is 1. The number of amides is 1. The topological polar surface area (TPSA) is 71.4 Å². The molecule has 2 N–H and O–H groups in total. The summed E-state index contributed by atoms with van der Waals surface area (Å²) in [5, 5.41) is 7.17. The monoisotopic (exact) mass is 539 g/mol. The van der Waals surface area contributed by atoms with E-state index in [-0.39, 0.29) is 18.0 Å². The smallest absolute Gasteiger partial charge is 0.226 e. The summed E-state index contributed by atoms with van der Waals surface area (Å²) in [5.41, 5.74) is 5.95. The Morgan fingerprint density at radius 1 is 1.08 bits per heavy atom. The number of anilines is 1. The van der Waals surface area contributed by atoms with Gasteiger partial charge in [0, 0.05) is 42.4 Å². The molecule has 8 heteroatoms. The molecule has 2 aromatic carbocycles. The summed E-state index contributed by atoms with van der Waals surface area (Å²) in [6.07, 6.45) is 4.14. The van der Waals surface area contributed by atoms with Crippen molar-refractivity contribution in [3.8, 4) is 11.4 Å². The van der Waals surface area contributed by atoms with E-state index in [9.17, 15) is 4.79 Å². The van der Waals surface area contributed by atoms with Crippen LogP contribution in [0.3, 0.4) is 0 Å². The van der Waals surface area contributed by atoms with Crippen LogP contribution in [0.15, 0.2) is 85.2 Å². The Kier molecular flexibility index (Phi) is 7.93. The van der Waals surface area contributed by atoms with E-state index in [2.05, 4.69) is 31.2 Å². The molecule has 39 heavy (non-hydrogen) atoms. The summed E-state index contributed by atoms with van der Waals surface area (Å²) in [7, 11) is 0. The van der Waals surface area contributed by atoms with Crippen LogP contribution in [0.1, 0.15) is 47.9 Å². The third kappa shape index (κ3) is 5.81. The van der Waals surface area contributed by atoms with Crippen LogP contribution in [0, 0.1) is 13.8 Å². The molecule has 0 spiro atoms. The molecular formula is C31H33N5O2S. The van der Waals surface area contributed by atoms with Crippen molar-refractivity contribution in [1.82, 2.24) is 19.8 Å². The highest BCUT2D eigenvalue weighted by atomic mass is 32.1. The lowest BCUT2D eigenvalue weighted by Crippen LogP contribution is -2.33. The van der Waals surface area contributed by atoms with E-state index in [1.807, 2.05) is 93.7 Å². The Balaban J connectivity index is 1.43. The van der Waals surface area contributed by atoms with Gasteiger partial charge in [0.25, 0.3) is 0 Å². The fourth-order valence-electron chi connectivity index (χ4n) is 5.01. The number of aryl methyl sites for hydroxylation is 2. The molecule has 0 saturated carbocycles. The minimum atomic E-state index is -0.169. The van der Waals surface area contributed by atoms with Crippen molar-refractivity contribution in [1.29, 1.82) is 0 Å². The van der Waals surface area contributed by atoms with Crippen LogP contribution in [0.2, 0.25) is 0 Å². The molecule has 1 aliphatic heterocycles. The molecule has 1 amide bonds. The fraction of sp³-hybridized carbons (Fsp3) is 0.258. The number of nitrogens with one attached hydrogen (secondary N) is 2. The maximum Gasteiger partial charge on any atom is 0.226 e. The van der Waals surface area contributed by atoms with Crippen molar-refractivity contribution < 1.29 is 9.53 Å². The lowest BCUT2D eigenvalue weighted by atomic mass is 10.0. The minimum absolute atomic E-state index is 0.0477. The highest BCUT2D eigenvalue weighted by Gasteiger charge is 2.41. The second-order valence-corrected chi connectivity index (χ2v) is 10.1. The van der Waals surface area contributed by atoms with Gasteiger partial charge in [0.05, 0.1) is 24.4 Å². The first kappa shape index (κ1) is 26.4. The van der Waals surface area contributed by atoms with Crippen LogP contribution < -0.4 is 15.4 Å². The van der Waals surface area contributed by atoms with Gasteiger partial charge in [-0.3, -0.25) is 9.78 Å². The quantitative estimate of drug-likeness (QED) is 0.259. The summed E-state index contributed by atoms with van der Waals surface area (Å²) in [5.74, 6) is 0.787. The minimum Gasteiger partial charge on any atom is -0.494 e. The number of hydrogen-bond acceptors (Lipinski definition) is 4. The lowest BCUT2D eigenvalue weighted by Gasteiger charge is -2.29. The van der Waals surface area contributed by atoms with E-state index in [0.29, 0.717) is 24.7 Å². The van der Waals surface area contributed by atoms with E-state index in [1.165, 1.54) is 0 Å². The van der Waals surface area contributed by atoms with Gasteiger partial charge in [-0.25, -0.2) is 0 Å². The number of carbonyl (C=O) groups is 1. The molecule has 0 aliphatic carbocycles. The van der Waals surface area contributed by atoms with Crippen LogP contribution >= 0.6 is 12.2 Å². The number of hydrogen-bond donors (Lipinski definition) is 2. The molecule has 1 saturated heterocycles. The number of aromatic nitrogens is 2. The average Bonchev–Trinajstić information content (AvgIpc) is 3.55. The molecule has 0 radical (unpaired) electrons. The van der Waals surface area contributed by atoms with Crippen LogP contribution in [-0.2, 0) is 4.79 Å². The predicted octanol–water partition coefficient (Wildman–Crippen LogP) is 5.89. The SMILES string of the molecule is CCOc1ccc(-n2cccc2[C@H]2[C@@H](c3ccccn3)NC(=S)N2CCC(=O)Nc2cc(C)ccc2C)cc1. The predicted molar refractivity (Wildman–Crippen MR) is 158 cm³/mol. The van der Waals surface area contributed by atoms with Crippen molar-refractivity contribution in [2.24, 2.45) is 0 Å². The van der Waals surface area contributed by atoms with Crippen molar-refractivity contribution in [2.75, 3.05) is 18.5 Å². The van der Waals surface area contributed by atoms with E-state index in [1.54, 1.807) is 6.20 Å². The van der Waals surface area contributed by atoms with Gasteiger partial charge in [-0.15, -0.1) is 0 Å². The Morgan fingerprint density at radius 2 is 1.90 bits per heavy atom. The zero-order valence-corrected chi connectivity index (χ0v) is 23.2. The summed E-state index contributed by atoms with van der Waals surface area (Å²) >= 11 is 5.82. The molecule has 2 atom stereocenters. The zero-order chi connectivity index (χ0) is 27.4. The first-order valence-corrected chi connectivity index (χ1v) is 13.6. The zero-order valence-electron chi connectivity index (χ0n) is 22.4. The van der Waals surface area contributed by atoms with Gasteiger partial charge < -0.3 is 24.8 Å². The van der Waals surface area contributed by atoms with Gasteiger partial charge >= 0.3 is 0 Å². The van der Waals surface area contributed by atoms with Crippen molar-refractivity contribution in [3.63, 3.8) is 0 Å². The maximum absolute atomic E-state index is 13.0. The third-order valence-corrected chi connectivity index (χ3v) is 7.31. The molecule has 7 nitrogen and oxygen atoms in total. The molecule has 1 fully saturated rings. The first-order chi connectivity index (χ1) is 18.9. The Hall–Kier alpha value is -4.17. The lowest BCUT2D eigenvalue weighted by molar-refractivity contribution is -0.116. The van der Waals surface area contributed by atoms with E-state index >= 15 is 0 Å². The first-order valence-electron chi connectivity index (χ1n) is 13.2. The normalized spacial score (nSPS) is 16.7. The fourth-order valence-corrected chi connectivity index (χ4v) is 5.34. The third-order valence-electron chi connectivity index (χ3n) is 6.95. The highest BCUT2D eigenvalue weighted by Crippen LogP contribution is 2.39. The Bertz CT molecular complexity index is 1450. The Labute approximate surface area is 234 Å². The standard InChI is InChI=1S/C31H33N5O2S/c1-4-38-24-14-12-23(13-15-24)35-18-7-9-27(35)30-29(25-8-5-6-17-32-25)34-31(39)36(30)19-16-28(37)33-26-20-21(2)10-11-22(26)3/h5-15,17-18,20,29-30H,4,16,19H2,1-3H3,(H,33,37)(H,34,39)/t29-,30+/m1/s1. The molecule has 3 heterocycles. The second-order valence-electron chi connectivity index (χ2n) is 9.67. The number of nitrogens with zero attached hydrogens (tertiary/aromatic N) is 3. The van der Waals surface area contributed by atoms with Gasteiger partial charge in [0.1, 0.15) is 5.75 Å². The van der Waals surface area contributed by atoms with Crippen molar-refractivity contribution in [3.05, 3.63) is 108 Å². The summed E-state index contributed by atoms with van der Waals surface area (Å²) in [6, 6.07) is 23.8. The Morgan fingerprint density at radius 3 is 2.64 bits per heavy atom. The molecule has 1 aliphatic rings. The largest absolute Gasteiger partial charge is 0.494 e. The summed E-state index contributed by atoms with van der Waals surface area (Å²) < 4.78 is 7.80. The maximum atomic E-state index is 13.0. The average molecular weight is 540 g/mol. The number of thiocarbonyl (C=S) groups is 1. The van der Waals surface area contributed by atoms with Gasteiger partial charge in [0.2, 0.25) is 5.91 Å². The molecule has 0 bridgehead atoms. The van der Waals surface area contributed by atoms with Crippen molar-refractivity contribution >= 4 is 28.9 Å². The van der Waals surface area contributed by atoms with Gasteiger partial charge in [-0.1, -0.05) is 18.2 Å². The molecule has 5 rings (SSSR count). The molecule has 2 aromatic heterocycles. The summed E-state index contributed by atoms with van der Waals surface area (Å²) in [4.78, 5) is 19.8. The molecular weight excluding hydrogens is 506 g/mol. The molecule has 200 valence electrons. The van der Waals surface area contributed by atoms with Crippen LogP contribution in [-0.4, -0.2) is 38.6 Å². The summed E-state index contributed by atoms with van der Waals surface area (Å²) in [6.45, 7) is 7.08. The van der Waals surface area contributed by atoms with Gasteiger partial charge in [-0.05, 0) is 98.7 Å². The van der Waals surface area contributed by atoms with Crippen molar-refractivity contribution in [2.45, 2.75) is 39.3 Å². The van der Waals surface area contributed by atoms with Gasteiger partial charge in [0.15, 0.2) is 5.11 Å². The van der Waals surface area contributed by atoms with Crippen LogP contribution in [0.5, 0.6) is 5.75 Å². The van der Waals surface area contributed by atoms with E-state index < -0.39 is 0 Å². The number of rotatable bonds is 9. The second kappa shape index (κ2) is 11.7. The van der Waals surface area contributed by atoms with E-state index in [0.717, 1.165) is 39.6 Å². The van der Waals surface area contributed by atoms with Crippen LogP contribution in [0.4, 0.5) is 5.69 Å².